The van der Waals surface area contributed by atoms with Crippen LogP contribution < -0.4 is 5.73 Å². The molecule has 122 valence electrons. The lowest BCUT2D eigenvalue weighted by atomic mass is 9.84. The highest BCUT2D eigenvalue weighted by Gasteiger charge is 2.48. The SMILES string of the molecule is COC(=O)CCN(CC(F)(F)F)C(=O)C1(C)COCC1N. The van der Waals surface area contributed by atoms with E-state index in [1.807, 2.05) is 0 Å². The van der Waals surface area contributed by atoms with Gasteiger partial charge < -0.3 is 20.1 Å². The van der Waals surface area contributed by atoms with Gasteiger partial charge in [-0.3, -0.25) is 9.59 Å². The van der Waals surface area contributed by atoms with Crippen molar-refractivity contribution in [3.8, 4) is 0 Å². The molecule has 0 saturated carbocycles. The third-order valence-corrected chi connectivity index (χ3v) is 3.48. The molecule has 1 aliphatic heterocycles. The van der Waals surface area contributed by atoms with E-state index in [1.54, 1.807) is 0 Å². The summed E-state index contributed by atoms with van der Waals surface area (Å²) in [5, 5.41) is 0. The lowest BCUT2D eigenvalue weighted by Crippen LogP contribution is -2.53. The number of rotatable bonds is 5. The summed E-state index contributed by atoms with van der Waals surface area (Å²) in [5.41, 5.74) is 4.53. The van der Waals surface area contributed by atoms with Gasteiger partial charge in [-0.05, 0) is 6.92 Å². The minimum atomic E-state index is -4.56. The van der Waals surface area contributed by atoms with Crippen molar-refractivity contribution in [2.75, 3.05) is 33.4 Å². The lowest BCUT2D eigenvalue weighted by molar-refractivity contribution is -0.168. The monoisotopic (exact) mass is 312 g/mol. The molecule has 0 aromatic rings. The van der Waals surface area contributed by atoms with Crippen LogP contribution in [0.5, 0.6) is 0 Å². The third kappa shape index (κ3) is 4.57. The fraction of sp³-hybridized carbons (Fsp3) is 0.833. The molecule has 2 unspecified atom stereocenters. The molecule has 1 saturated heterocycles. The first kappa shape index (κ1) is 17.7. The number of methoxy groups -OCH3 is 1. The van der Waals surface area contributed by atoms with Crippen molar-refractivity contribution < 1.29 is 32.2 Å². The van der Waals surface area contributed by atoms with E-state index in [2.05, 4.69) is 4.74 Å². The average Bonchev–Trinajstić information content (AvgIpc) is 2.73. The molecule has 0 aromatic carbocycles. The molecule has 0 radical (unpaired) electrons. The molecule has 0 aromatic heterocycles. The number of hydrogen-bond donors (Lipinski definition) is 1. The molecule has 1 rings (SSSR count). The minimum absolute atomic E-state index is 0.0421. The van der Waals surface area contributed by atoms with Crippen molar-refractivity contribution in [2.24, 2.45) is 11.1 Å². The highest BCUT2D eigenvalue weighted by atomic mass is 19.4. The molecule has 6 nitrogen and oxygen atoms in total. The maximum absolute atomic E-state index is 12.6. The number of alkyl halides is 3. The molecule has 1 amide bonds. The van der Waals surface area contributed by atoms with Gasteiger partial charge in [0.1, 0.15) is 6.54 Å². The largest absolute Gasteiger partial charge is 0.469 e. The molecule has 9 heteroatoms. The van der Waals surface area contributed by atoms with Crippen molar-refractivity contribution in [1.29, 1.82) is 0 Å². The molecule has 0 spiro atoms. The Bertz CT molecular complexity index is 402. The van der Waals surface area contributed by atoms with E-state index in [9.17, 15) is 22.8 Å². The van der Waals surface area contributed by atoms with Gasteiger partial charge in [-0.2, -0.15) is 13.2 Å². The van der Waals surface area contributed by atoms with Gasteiger partial charge in [0.25, 0.3) is 0 Å². The summed E-state index contributed by atoms with van der Waals surface area (Å²) in [7, 11) is 1.13. The van der Waals surface area contributed by atoms with Gasteiger partial charge in [-0.25, -0.2) is 0 Å². The van der Waals surface area contributed by atoms with E-state index in [0.29, 0.717) is 4.90 Å². The van der Waals surface area contributed by atoms with Crippen LogP contribution >= 0.6 is 0 Å². The van der Waals surface area contributed by atoms with Crippen molar-refractivity contribution in [3.63, 3.8) is 0 Å². The number of nitrogens with two attached hydrogens (primary N) is 1. The first-order chi connectivity index (χ1) is 9.60. The normalized spacial score (nSPS) is 25.7. The molecule has 1 heterocycles. The molecule has 0 aliphatic carbocycles. The minimum Gasteiger partial charge on any atom is -0.469 e. The van der Waals surface area contributed by atoms with Crippen molar-refractivity contribution in [2.45, 2.75) is 25.6 Å². The Morgan fingerprint density at radius 3 is 2.52 bits per heavy atom. The maximum atomic E-state index is 12.6. The van der Waals surface area contributed by atoms with Crippen LogP contribution in [-0.2, 0) is 19.1 Å². The van der Waals surface area contributed by atoms with Gasteiger partial charge in [0.2, 0.25) is 5.91 Å². The maximum Gasteiger partial charge on any atom is 0.406 e. The van der Waals surface area contributed by atoms with Crippen LogP contribution in [0, 0.1) is 5.41 Å². The van der Waals surface area contributed by atoms with E-state index in [0.717, 1.165) is 7.11 Å². The quantitative estimate of drug-likeness (QED) is 0.739. The highest BCUT2D eigenvalue weighted by molar-refractivity contribution is 5.84. The van der Waals surface area contributed by atoms with Gasteiger partial charge in [0.05, 0.1) is 32.2 Å². The number of halogens is 3. The van der Waals surface area contributed by atoms with Crippen LogP contribution in [-0.4, -0.2) is 62.4 Å². The summed E-state index contributed by atoms with van der Waals surface area (Å²) in [5.74, 6) is -1.46. The number of carbonyl (C=O) groups excluding carboxylic acids is 2. The summed E-state index contributed by atoms with van der Waals surface area (Å²) in [6.45, 7) is -0.286. The number of ether oxygens (including phenoxy) is 2. The smallest absolute Gasteiger partial charge is 0.406 e. The fourth-order valence-electron chi connectivity index (χ4n) is 2.07. The van der Waals surface area contributed by atoms with Gasteiger partial charge in [-0.1, -0.05) is 0 Å². The molecular formula is C12H19F3N2O4. The van der Waals surface area contributed by atoms with Crippen molar-refractivity contribution >= 4 is 11.9 Å². The van der Waals surface area contributed by atoms with Crippen LogP contribution in [0.1, 0.15) is 13.3 Å². The number of amides is 1. The second-order valence-electron chi connectivity index (χ2n) is 5.21. The van der Waals surface area contributed by atoms with Crippen LogP contribution in [0.3, 0.4) is 0 Å². The summed E-state index contributed by atoms with van der Waals surface area (Å²) >= 11 is 0. The standard InChI is InChI=1S/C12H19F3N2O4/c1-11(7-21-5-8(11)16)10(19)17(6-12(13,14)15)4-3-9(18)20-2/h8H,3-7,16H2,1-2H3. The van der Waals surface area contributed by atoms with Gasteiger partial charge in [0, 0.05) is 12.6 Å². The van der Waals surface area contributed by atoms with Gasteiger partial charge >= 0.3 is 12.1 Å². The van der Waals surface area contributed by atoms with Crippen molar-refractivity contribution in [1.82, 2.24) is 4.90 Å². The molecule has 2 atom stereocenters. The summed E-state index contributed by atoms with van der Waals surface area (Å²) in [6, 6.07) is -0.682. The van der Waals surface area contributed by atoms with E-state index >= 15 is 0 Å². The van der Waals surface area contributed by atoms with E-state index in [-0.39, 0.29) is 26.2 Å². The Morgan fingerprint density at radius 2 is 2.10 bits per heavy atom. The summed E-state index contributed by atoms with van der Waals surface area (Å²) < 4.78 is 47.3. The number of carbonyl (C=O) groups is 2. The van der Waals surface area contributed by atoms with E-state index < -0.39 is 36.1 Å². The molecule has 21 heavy (non-hydrogen) atoms. The molecule has 1 aliphatic rings. The first-order valence-electron chi connectivity index (χ1n) is 6.36. The first-order valence-corrected chi connectivity index (χ1v) is 6.36. The average molecular weight is 312 g/mol. The van der Waals surface area contributed by atoms with Crippen LogP contribution in [0.25, 0.3) is 0 Å². The molecule has 1 fully saturated rings. The summed E-state index contributed by atoms with van der Waals surface area (Å²) in [6.07, 6.45) is -4.88. The molecule has 0 bridgehead atoms. The molecule has 2 N–H and O–H groups in total. The zero-order valence-electron chi connectivity index (χ0n) is 11.9. The summed E-state index contributed by atoms with van der Waals surface area (Å²) in [4.78, 5) is 24.0. The number of hydrogen-bond acceptors (Lipinski definition) is 5. The Labute approximate surface area is 120 Å². The lowest BCUT2D eigenvalue weighted by Gasteiger charge is -2.33. The Balaban J connectivity index is 2.84. The zero-order valence-corrected chi connectivity index (χ0v) is 11.9. The predicted molar refractivity (Wildman–Crippen MR) is 66.2 cm³/mol. The van der Waals surface area contributed by atoms with Gasteiger partial charge in [0.15, 0.2) is 0 Å². The van der Waals surface area contributed by atoms with Crippen LogP contribution in [0.4, 0.5) is 13.2 Å². The van der Waals surface area contributed by atoms with Gasteiger partial charge in [-0.15, -0.1) is 0 Å². The third-order valence-electron chi connectivity index (χ3n) is 3.48. The predicted octanol–water partition coefficient (Wildman–Crippen LogP) is 0.304. The van der Waals surface area contributed by atoms with Crippen molar-refractivity contribution in [3.05, 3.63) is 0 Å². The fourth-order valence-corrected chi connectivity index (χ4v) is 2.07. The number of nitrogens with zero attached hydrogens (tertiary/aromatic N) is 1. The Kier molecular flexibility index (Phi) is 5.57. The van der Waals surface area contributed by atoms with E-state index in [1.165, 1.54) is 6.92 Å². The van der Waals surface area contributed by atoms with E-state index in [4.69, 9.17) is 10.5 Å². The number of esters is 1. The Hall–Kier alpha value is -1.35. The van der Waals surface area contributed by atoms with Crippen LogP contribution in [0.2, 0.25) is 0 Å². The second kappa shape index (κ2) is 6.61. The second-order valence-corrected chi connectivity index (χ2v) is 5.21. The Morgan fingerprint density at radius 1 is 1.48 bits per heavy atom. The topological polar surface area (TPSA) is 81.9 Å². The molecular weight excluding hydrogens is 293 g/mol. The zero-order chi connectivity index (χ0) is 16.3. The highest BCUT2D eigenvalue weighted by Crippen LogP contribution is 2.31. The van der Waals surface area contributed by atoms with Crippen LogP contribution in [0.15, 0.2) is 0 Å².